The van der Waals surface area contributed by atoms with Crippen LogP contribution in [0.25, 0.3) is 33.5 Å². The van der Waals surface area contributed by atoms with Crippen LogP contribution in [-0.2, 0) is 11.8 Å². The molecule has 0 spiro atoms. The number of benzene rings is 1. The van der Waals surface area contributed by atoms with Gasteiger partial charge in [0.15, 0.2) is 22.8 Å². The molecular formula is C17H17N7O. The summed E-state index contributed by atoms with van der Waals surface area (Å²) >= 11 is 0. The van der Waals surface area contributed by atoms with E-state index in [2.05, 4.69) is 20.1 Å². The van der Waals surface area contributed by atoms with Crippen LogP contribution in [0.1, 0.15) is 0 Å². The van der Waals surface area contributed by atoms with Crippen molar-refractivity contribution in [2.45, 2.75) is 0 Å². The second kappa shape index (κ2) is 5.52. The highest BCUT2D eigenvalue weighted by atomic mass is 16.5. The van der Waals surface area contributed by atoms with Gasteiger partial charge < -0.3 is 14.2 Å². The Morgan fingerprint density at radius 1 is 1.16 bits per heavy atom. The van der Waals surface area contributed by atoms with Crippen molar-refractivity contribution < 1.29 is 4.74 Å². The number of nitrogens with one attached hydrogen (secondary N) is 1. The van der Waals surface area contributed by atoms with E-state index in [-0.39, 0.29) is 0 Å². The Bertz CT molecular complexity index is 1060. The molecule has 1 saturated heterocycles. The number of aromatic nitrogens is 6. The zero-order chi connectivity index (χ0) is 16.8. The molecule has 0 aliphatic carbocycles. The van der Waals surface area contributed by atoms with Crippen LogP contribution in [0.5, 0.6) is 0 Å². The van der Waals surface area contributed by atoms with Crippen molar-refractivity contribution in [3.8, 4) is 11.4 Å². The molecule has 25 heavy (non-hydrogen) atoms. The summed E-state index contributed by atoms with van der Waals surface area (Å²) in [6, 6.07) is 6.01. The molecule has 4 heterocycles. The van der Waals surface area contributed by atoms with Crippen LogP contribution in [-0.4, -0.2) is 56.0 Å². The van der Waals surface area contributed by atoms with E-state index in [0.717, 1.165) is 46.5 Å². The lowest BCUT2D eigenvalue weighted by molar-refractivity contribution is 0.122. The maximum absolute atomic E-state index is 5.48. The second-order valence-electron chi connectivity index (χ2n) is 6.13. The van der Waals surface area contributed by atoms with E-state index in [4.69, 9.17) is 14.7 Å². The van der Waals surface area contributed by atoms with Crippen LogP contribution < -0.4 is 4.90 Å². The van der Waals surface area contributed by atoms with Crippen LogP contribution in [0.3, 0.4) is 0 Å². The normalized spacial score (nSPS) is 15.3. The van der Waals surface area contributed by atoms with Crippen molar-refractivity contribution in [3.63, 3.8) is 0 Å². The van der Waals surface area contributed by atoms with E-state index < -0.39 is 0 Å². The lowest BCUT2D eigenvalue weighted by Crippen LogP contribution is -2.37. The number of hydrogen-bond donors (Lipinski definition) is 1. The lowest BCUT2D eigenvalue weighted by Gasteiger charge is -2.28. The van der Waals surface area contributed by atoms with Gasteiger partial charge in [-0.2, -0.15) is 5.10 Å². The first-order chi connectivity index (χ1) is 12.3. The summed E-state index contributed by atoms with van der Waals surface area (Å²) in [5.74, 6) is 1.55. The predicted octanol–water partition coefficient (Wildman–Crippen LogP) is 1.74. The van der Waals surface area contributed by atoms with Crippen LogP contribution in [0.15, 0.2) is 30.7 Å². The molecule has 0 radical (unpaired) electrons. The fourth-order valence-corrected chi connectivity index (χ4v) is 3.27. The highest BCUT2D eigenvalue weighted by Gasteiger charge is 2.21. The van der Waals surface area contributed by atoms with Crippen molar-refractivity contribution in [1.29, 1.82) is 0 Å². The highest BCUT2D eigenvalue weighted by molar-refractivity contribution is 5.94. The van der Waals surface area contributed by atoms with E-state index in [1.807, 2.05) is 36.0 Å². The molecule has 0 saturated carbocycles. The number of nitrogens with zero attached hydrogens (tertiary/aromatic N) is 6. The van der Waals surface area contributed by atoms with Gasteiger partial charge in [0.25, 0.3) is 0 Å². The number of fused-ring (bicyclic) bond motifs is 2. The smallest absolute Gasteiger partial charge is 0.165 e. The first-order valence-electron chi connectivity index (χ1n) is 8.25. The third-order valence-electron chi connectivity index (χ3n) is 4.58. The standard InChI is InChI=1S/C17H17N7O/c1-23-10-18-14-16(23)20-15(21-17(14)24-5-7-25-8-6-24)11-3-2-4-13-12(11)9-19-22-13/h2-4,9-10H,5-8H2,1H3,(H,19,22). The summed E-state index contributed by atoms with van der Waals surface area (Å²) in [5.41, 5.74) is 3.59. The minimum Gasteiger partial charge on any atom is -0.378 e. The molecule has 1 aliphatic heterocycles. The molecule has 0 amide bonds. The largest absolute Gasteiger partial charge is 0.378 e. The van der Waals surface area contributed by atoms with Crippen molar-refractivity contribution in [3.05, 3.63) is 30.7 Å². The first kappa shape index (κ1) is 14.4. The van der Waals surface area contributed by atoms with Gasteiger partial charge in [-0.3, -0.25) is 5.10 Å². The number of aromatic amines is 1. The van der Waals surface area contributed by atoms with Gasteiger partial charge in [-0.1, -0.05) is 12.1 Å². The number of anilines is 1. The number of aryl methyl sites for hydroxylation is 1. The Hall–Kier alpha value is -3.00. The third-order valence-corrected chi connectivity index (χ3v) is 4.58. The van der Waals surface area contributed by atoms with Crippen LogP contribution in [0.4, 0.5) is 5.82 Å². The van der Waals surface area contributed by atoms with Crippen molar-refractivity contribution >= 4 is 27.9 Å². The minimum atomic E-state index is 0.685. The molecule has 4 aromatic rings. The van der Waals surface area contributed by atoms with Crippen molar-refractivity contribution in [2.75, 3.05) is 31.2 Å². The minimum absolute atomic E-state index is 0.685. The van der Waals surface area contributed by atoms with Gasteiger partial charge in [0, 0.05) is 31.1 Å². The van der Waals surface area contributed by atoms with E-state index in [1.165, 1.54) is 0 Å². The summed E-state index contributed by atoms with van der Waals surface area (Å²) in [5, 5.41) is 8.16. The maximum atomic E-state index is 5.48. The molecule has 0 unspecified atom stereocenters. The van der Waals surface area contributed by atoms with E-state index in [9.17, 15) is 0 Å². The number of hydrogen-bond acceptors (Lipinski definition) is 6. The molecule has 1 aromatic carbocycles. The molecule has 5 rings (SSSR count). The molecule has 1 N–H and O–H groups in total. The molecule has 1 aliphatic rings. The fraction of sp³-hybridized carbons (Fsp3) is 0.294. The van der Waals surface area contributed by atoms with Gasteiger partial charge in [-0.25, -0.2) is 15.0 Å². The number of H-pyrrole nitrogens is 1. The third kappa shape index (κ3) is 2.25. The van der Waals surface area contributed by atoms with Gasteiger partial charge in [0.05, 0.1) is 31.3 Å². The summed E-state index contributed by atoms with van der Waals surface area (Å²) < 4.78 is 7.41. The summed E-state index contributed by atoms with van der Waals surface area (Å²) in [6.07, 6.45) is 3.60. The topological polar surface area (TPSA) is 84.8 Å². The summed E-state index contributed by atoms with van der Waals surface area (Å²) in [7, 11) is 1.95. The van der Waals surface area contributed by atoms with E-state index in [1.54, 1.807) is 6.33 Å². The average molecular weight is 335 g/mol. The Balaban J connectivity index is 1.76. The summed E-state index contributed by atoms with van der Waals surface area (Å²) in [4.78, 5) is 16.4. The maximum Gasteiger partial charge on any atom is 0.165 e. The molecule has 126 valence electrons. The fourth-order valence-electron chi connectivity index (χ4n) is 3.27. The zero-order valence-electron chi connectivity index (χ0n) is 13.8. The van der Waals surface area contributed by atoms with Gasteiger partial charge in [0.1, 0.15) is 0 Å². The number of ether oxygens (including phenoxy) is 1. The molecule has 3 aromatic heterocycles. The lowest BCUT2D eigenvalue weighted by atomic mass is 10.1. The van der Waals surface area contributed by atoms with Crippen molar-refractivity contribution in [1.82, 2.24) is 29.7 Å². The Labute approximate surface area is 143 Å². The predicted molar refractivity (Wildman–Crippen MR) is 94.4 cm³/mol. The Morgan fingerprint density at radius 2 is 2.04 bits per heavy atom. The van der Waals surface area contributed by atoms with E-state index in [0.29, 0.717) is 19.0 Å². The van der Waals surface area contributed by atoms with E-state index >= 15 is 0 Å². The van der Waals surface area contributed by atoms with Crippen LogP contribution >= 0.6 is 0 Å². The second-order valence-corrected chi connectivity index (χ2v) is 6.13. The Kier molecular flexibility index (Phi) is 3.17. The molecule has 8 nitrogen and oxygen atoms in total. The molecule has 0 bridgehead atoms. The number of imidazole rings is 1. The molecule has 8 heteroatoms. The quantitative estimate of drug-likeness (QED) is 0.601. The monoisotopic (exact) mass is 335 g/mol. The van der Waals surface area contributed by atoms with Gasteiger partial charge in [-0.15, -0.1) is 0 Å². The van der Waals surface area contributed by atoms with Gasteiger partial charge in [0.2, 0.25) is 0 Å². The van der Waals surface area contributed by atoms with Crippen LogP contribution in [0, 0.1) is 0 Å². The molecule has 1 fully saturated rings. The number of morpholine rings is 1. The highest BCUT2D eigenvalue weighted by Crippen LogP contribution is 2.30. The molecular weight excluding hydrogens is 318 g/mol. The Morgan fingerprint density at radius 3 is 2.92 bits per heavy atom. The van der Waals surface area contributed by atoms with Gasteiger partial charge in [-0.05, 0) is 6.07 Å². The van der Waals surface area contributed by atoms with Crippen LogP contribution in [0.2, 0.25) is 0 Å². The van der Waals surface area contributed by atoms with Crippen molar-refractivity contribution in [2.24, 2.45) is 7.05 Å². The SMILES string of the molecule is Cn1cnc2c(N3CCOCC3)nc(-c3cccc4[nH]ncc34)nc21. The average Bonchev–Trinajstić information content (AvgIpc) is 3.28. The number of rotatable bonds is 2. The summed E-state index contributed by atoms with van der Waals surface area (Å²) in [6.45, 7) is 3.01. The van der Waals surface area contributed by atoms with Gasteiger partial charge >= 0.3 is 0 Å². The first-order valence-corrected chi connectivity index (χ1v) is 8.25. The molecule has 0 atom stereocenters. The zero-order valence-corrected chi connectivity index (χ0v) is 13.8.